The average Bonchev–Trinajstić information content (AvgIpc) is 2.90. The van der Waals surface area contributed by atoms with Crippen molar-refractivity contribution in [2.75, 3.05) is 6.54 Å². The van der Waals surface area contributed by atoms with Crippen LogP contribution in [0.3, 0.4) is 0 Å². The lowest BCUT2D eigenvalue weighted by Crippen LogP contribution is -2.30. The average molecular weight is 215 g/mol. The molecule has 4 nitrogen and oxygen atoms in total. The molecule has 14 heavy (non-hydrogen) atoms. The Morgan fingerprint density at radius 2 is 2.57 bits per heavy atom. The molecule has 0 spiro atoms. The quantitative estimate of drug-likeness (QED) is 0.772. The van der Waals surface area contributed by atoms with Crippen molar-refractivity contribution in [1.82, 2.24) is 10.5 Å². The number of nitrogens with zero attached hydrogens (tertiary/aromatic N) is 1. The van der Waals surface area contributed by atoms with Crippen LogP contribution >= 0.6 is 11.6 Å². The normalized spacial score (nSPS) is 17.8. The molecule has 1 aromatic heterocycles. The van der Waals surface area contributed by atoms with Crippen LogP contribution in [0.25, 0.3) is 0 Å². The highest BCUT2D eigenvalue weighted by atomic mass is 35.5. The van der Waals surface area contributed by atoms with Crippen LogP contribution in [0.2, 0.25) is 0 Å². The molecule has 76 valence electrons. The monoisotopic (exact) mass is 214 g/mol. The fraction of sp³-hybridized carbons (Fsp3) is 0.556. The van der Waals surface area contributed by atoms with Gasteiger partial charge in [0.05, 0.1) is 5.38 Å². The third kappa shape index (κ3) is 2.26. The summed E-state index contributed by atoms with van der Waals surface area (Å²) in [6.07, 6.45) is 3.72. The van der Waals surface area contributed by atoms with Gasteiger partial charge in [-0.15, -0.1) is 11.6 Å². The maximum atomic E-state index is 11.4. The van der Waals surface area contributed by atoms with E-state index in [4.69, 9.17) is 11.6 Å². The van der Waals surface area contributed by atoms with Gasteiger partial charge in [-0.3, -0.25) is 4.79 Å². The summed E-state index contributed by atoms with van der Waals surface area (Å²) in [5.41, 5.74) is 0.296. The Morgan fingerprint density at radius 3 is 3.14 bits per heavy atom. The molecule has 0 aromatic carbocycles. The second-order valence-electron chi connectivity index (χ2n) is 3.45. The summed E-state index contributed by atoms with van der Waals surface area (Å²) in [6.45, 7) is 0.498. The van der Waals surface area contributed by atoms with Gasteiger partial charge in [0.15, 0.2) is 5.69 Å². The third-order valence-electron chi connectivity index (χ3n) is 2.26. The van der Waals surface area contributed by atoms with E-state index < -0.39 is 0 Å². The Balaban J connectivity index is 1.77. The third-order valence-corrected chi connectivity index (χ3v) is 2.77. The van der Waals surface area contributed by atoms with Crippen LogP contribution in [0.4, 0.5) is 0 Å². The molecule has 1 amide bonds. The van der Waals surface area contributed by atoms with Gasteiger partial charge in [-0.25, -0.2) is 0 Å². The molecule has 1 unspecified atom stereocenters. The number of rotatable bonds is 4. The Kier molecular flexibility index (Phi) is 2.72. The van der Waals surface area contributed by atoms with Crippen LogP contribution in [0.15, 0.2) is 16.9 Å². The maximum Gasteiger partial charge on any atom is 0.273 e. The molecule has 2 rings (SSSR count). The number of nitrogens with one attached hydrogen (secondary N) is 1. The summed E-state index contributed by atoms with van der Waals surface area (Å²) in [5.74, 6) is 0.347. The summed E-state index contributed by atoms with van der Waals surface area (Å²) >= 11 is 6.03. The molecule has 0 aliphatic heterocycles. The molecule has 0 bridgehead atoms. The van der Waals surface area contributed by atoms with Crippen LogP contribution in [-0.4, -0.2) is 23.0 Å². The minimum absolute atomic E-state index is 0.0471. The van der Waals surface area contributed by atoms with Gasteiger partial charge in [-0.2, -0.15) is 0 Å². The van der Waals surface area contributed by atoms with Crippen LogP contribution in [0.5, 0.6) is 0 Å². The van der Waals surface area contributed by atoms with E-state index in [1.807, 2.05) is 0 Å². The summed E-state index contributed by atoms with van der Waals surface area (Å²) < 4.78 is 4.56. The zero-order valence-electron chi connectivity index (χ0n) is 7.57. The van der Waals surface area contributed by atoms with Crippen LogP contribution < -0.4 is 5.32 Å². The van der Waals surface area contributed by atoms with Gasteiger partial charge >= 0.3 is 0 Å². The highest BCUT2D eigenvalue weighted by Crippen LogP contribution is 2.35. The lowest BCUT2D eigenvalue weighted by molar-refractivity contribution is 0.0944. The van der Waals surface area contributed by atoms with Crippen LogP contribution in [-0.2, 0) is 0 Å². The Bertz CT molecular complexity index is 309. The molecule has 1 aromatic rings. The standard InChI is InChI=1S/C9H11ClN2O2/c10-7(6-1-2-6)5-11-9(13)8-3-4-14-12-8/h3-4,6-7H,1-2,5H2,(H,11,13). The van der Waals surface area contributed by atoms with E-state index in [2.05, 4.69) is 15.0 Å². The minimum Gasteiger partial charge on any atom is -0.364 e. The van der Waals surface area contributed by atoms with Gasteiger partial charge < -0.3 is 9.84 Å². The number of carbonyl (C=O) groups is 1. The van der Waals surface area contributed by atoms with Crippen molar-refractivity contribution in [3.63, 3.8) is 0 Å². The number of hydrogen-bond donors (Lipinski definition) is 1. The van der Waals surface area contributed by atoms with Crippen molar-refractivity contribution in [3.8, 4) is 0 Å². The highest BCUT2D eigenvalue weighted by molar-refractivity contribution is 6.21. The number of halogens is 1. The van der Waals surface area contributed by atoms with Gasteiger partial charge in [-0.05, 0) is 18.8 Å². The second kappa shape index (κ2) is 4.00. The van der Waals surface area contributed by atoms with Gasteiger partial charge in [0, 0.05) is 12.6 Å². The van der Waals surface area contributed by atoms with E-state index in [0.29, 0.717) is 18.2 Å². The zero-order chi connectivity index (χ0) is 9.97. The van der Waals surface area contributed by atoms with Crippen molar-refractivity contribution < 1.29 is 9.32 Å². The topological polar surface area (TPSA) is 55.1 Å². The lowest BCUT2D eigenvalue weighted by atomic mass is 10.3. The summed E-state index contributed by atoms with van der Waals surface area (Å²) in [7, 11) is 0. The predicted molar refractivity (Wildman–Crippen MR) is 51.2 cm³/mol. The molecule has 1 saturated carbocycles. The summed E-state index contributed by atoms with van der Waals surface area (Å²) in [6, 6.07) is 1.52. The number of amides is 1. The first-order valence-electron chi connectivity index (χ1n) is 4.60. The molecule has 0 saturated heterocycles. The van der Waals surface area contributed by atoms with Crippen LogP contribution in [0.1, 0.15) is 23.3 Å². The van der Waals surface area contributed by atoms with Crippen molar-refractivity contribution >= 4 is 17.5 Å². The van der Waals surface area contributed by atoms with E-state index in [9.17, 15) is 4.79 Å². The van der Waals surface area contributed by atoms with Crippen LogP contribution in [0, 0.1) is 5.92 Å². The Morgan fingerprint density at radius 1 is 1.79 bits per heavy atom. The van der Waals surface area contributed by atoms with E-state index in [1.165, 1.54) is 25.2 Å². The number of aromatic nitrogens is 1. The first-order valence-corrected chi connectivity index (χ1v) is 5.03. The van der Waals surface area contributed by atoms with Gasteiger partial charge in [0.2, 0.25) is 0 Å². The Labute approximate surface area is 86.6 Å². The number of alkyl halides is 1. The molecule has 5 heteroatoms. The number of hydrogen-bond acceptors (Lipinski definition) is 3. The first kappa shape index (κ1) is 9.52. The van der Waals surface area contributed by atoms with Gasteiger partial charge in [0.1, 0.15) is 6.26 Å². The van der Waals surface area contributed by atoms with Gasteiger partial charge in [-0.1, -0.05) is 5.16 Å². The van der Waals surface area contributed by atoms with E-state index in [-0.39, 0.29) is 11.3 Å². The minimum atomic E-state index is -0.231. The molecule has 1 heterocycles. The SMILES string of the molecule is O=C(NCC(Cl)C1CC1)c1ccon1. The van der Waals surface area contributed by atoms with E-state index >= 15 is 0 Å². The maximum absolute atomic E-state index is 11.4. The fourth-order valence-electron chi connectivity index (χ4n) is 1.24. The fourth-order valence-corrected chi connectivity index (χ4v) is 1.56. The van der Waals surface area contributed by atoms with E-state index in [1.54, 1.807) is 0 Å². The molecule has 0 radical (unpaired) electrons. The summed E-state index contributed by atoms with van der Waals surface area (Å²) in [5, 5.41) is 6.28. The summed E-state index contributed by atoms with van der Waals surface area (Å²) in [4.78, 5) is 11.4. The first-order chi connectivity index (χ1) is 6.77. The second-order valence-corrected chi connectivity index (χ2v) is 4.01. The number of carbonyl (C=O) groups excluding carboxylic acids is 1. The Hall–Kier alpha value is -1.03. The van der Waals surface area contributed by atoms with Crippen molar-refractivity contribution in [3.05, 3.63) is 18.0 Å². The molecule has 1 aliphatic carbocycles. The molecule has 1 aliphatic rings. The van der Waals surface area contributed by atoms with Gasteiger partial charge in [0.25, 0.3) is 5.91 Å². The van der Waals surface area contributed by atoms with Crippen molar-refractivity contribution in [2.45, 2.75) is 18.2 Å². The predicted octanol–water partition coefficient (Wildman–Crippen LogP) is 1.42. The molecular weight excluding hydrogens is 204 g/mol. The highest BCUT2D eigenvalue weighted by Gasteiger charge is 2.29. The van der Waals surface area contributed by atoms with Crippen molar-refractivity contribution in [2.24, 2.45) is 5.92 Å². The molecule has 1 atom stereocenters. The van der Waals surface area contributed by atoms with E-state index in [0.717, 1.165) is 0 Å². The molecular formula is C9H11ClN2O2. The zero-order valence-corrected chi connectivity index (χ0v) is 8.33. The smallest absolute Gasteiger partial charge is 0.273 e. The lowest BCUT2D eigenvalue weighted by Gasteiger charge is -2.07. The molecule has 1 N–H and O–H groups in total. The van der Waals surface area contributed by atoms with Crippen molar-refractivity contribution in [1.29, 1.82) is 0 Å². The molecule has 1 fully saturated rings. The largest absolute Gasteiger partial charge is 0.364 e.